The van der Waals surface area contributed by atoms with Crippen LogP contribution < -0.4 is 10.1 Å². The van der Waals surface area contributed by atoms with E-state index in [0.29, 0.717) is 17.1 Å². The lowest BCUT2D eigenvalue weighted by Gasteiger charge is -2.40. The smallest absolute Gasteiger partial charge is 0.173 e. The number of hydrogen-bond acceptors (Lipinski definition) is 3. The number of piperidine rings is 1. The second-order valence-electron chi connectivity index (χ2n) is 6.42. The lowest BCUT2D eigenvalue weighted by Crippen LogP contribution is -2.48. The highest BCUT2D eigenvalue weighted by Crippen LogP contribution is 2.28. The van der Waals surface area contributed by atoms with Crippen LogP contribution in [-0.2, 0) is 0 Å². The number of hydrogen-bond donors (Lipinski definition) is 1. The largest absolute Gasteiger partial charge is 0.495 e. The third-order valence-corrected chi connectivity index (χ3v) is 5.61. The van der Waals surface area contributed by atoms with Gasteiger partial charge in [0.2, 0.25) is 0 Å². The van der Waals surface area contributed by atoms with Crippen LogP contribution in [0.1, 0.15) is 33.1 Å². The molecule has 0 amide bonds. The van der Waals surface area contributed by atoms with E-state index in [9.17, 15) is 0 Å². The number of thiocarbonyl (C=S) groups is 1. The Balaban J connectivity index is 1.93. The number of benzene rings is 1. The first-order chi connectivity index (χ1) is 11.5. The summed E-state index contributed by atoms with van der Waals surface area (Å²) in [5.41, 5.74) is 0.814. The number of halogens is 1. The van der Waals surface area contributed by atoms with Crippen LogP contribution in [0.5, 0.6) is 5.75 Å². The maximum absolute atomic E-state index is 6.08. The standard InChI is InChI=1S/C18H28ClN3OS/c1-5-13(2)21(3)15-8-10-22(11-9-15)18(24)20-16-12-14(19)6-7-17(16)23-4/h6-7,12-13,15H,5,8-11H2,1-4H3,(H,20,24)/t13-/m1/s1. The molecule has 1 aromatic rings. The summed E-state index contributed by atoms with van der Waals surface area (Å²) in [4.78, 5) is 4.74. The van der Waals surface area contributed by atoms with Crippen molar-refractivity contribution < 1.29 is 4.74 Å². The number of likely N-dealkylation sites (tertiary alicyclic amines) is 1. The molecule has 0 aliphatic carbocycles. The van der Waals surface area contributed by atoms with Gasteiger partial charge < -0.3 is 19.9 Å². The fourth-order valence-electron chi connectivity index (χ4n) is 3.10. The molecule has 1 saturated heterocycles. The van der Waals surface area contributed by atoms with Crippen LogP contribution in [0.4, 0.5) is 5.69 Å². The summed E-state index contributed by atoms with van der Waals surface area (Å²) in [6.07, 6.45) is 3.45. The van der Waals surface area contributed by atoms with Crippen molar-refractivity contribution in [1.82, 2.24) is 9.80 Å². The fraction of sp³-hybridized carbons (Fsp3) is 0.611. The predicted octanol–water partition coefficient (Wildman–Crippen LogP) is 4.24. The summed E-state index contributed by atoms with van der Waals surface area (Å²) in [5, 5.41) is 4.68. The van der Waals surface area contributed by atoms with Crippen molar-refractivity contribution >= 4 is 34.6 Å². The number of nitrogens with zero attached hydrogens (tertiary/aromatic N) is 2. The zero-order valence-electron chi connectivity index (χ0n) is 15.0. The van der Waals surface area contributed by atoms with E-state index in [4.69, 9.17) is 28.6 Å². The van der Waals surface area contributed by atoms with Crippen LogP contribution in [0.2, 0.25) is 5.02 Å². The SMILES string of the molecule is CC[C@@H](C)N(C)C1CCN(C(=S)Nc2cc(Cl)ccc2OC)CC1. The molecule has 0 bridgehead atoms. The van der Waals surface area contributed by atoms with Gasteiger partial charge in [0.15, 0.2) is 5.11 Å². The van der Waals surface area contributed by atoms with Crippen molar-refractivity contribution in [3.63, 3.8) is 0 Å². The van der Waals surface area contributed by atoms with Crippen molar-refractivity contribution in [1.29, 1.82) is 0 Å². The maximum Gasteiger partial charge on any atom is 0.173 e. The van der Waals surface area contributed by atoms with E-state index in [2.05, 4.69) is 36.0 Å². The molecular weight excluding hydrogens is 342 g/mol. The van der Waals surface area contributed by atoms with Crippen LogP contribution in [-0.4, -0.2) is 54.2 Å². The third-order valence-electron chi connectivity index (χ3n) is 5.02. The molecule has 6 heteroatoms. The first kappa shape index (κ1) is 19.3. The Morgan fingerprint density at radius 1 is 1.46 bits per heavy atom. The summed E-state index contributed by atoms with van der Waals surface area (Å²) in [6, 6.07) is 6.77. The third kappa shape index (κ3) is 4.74. The number of methoxy groups -OCH3 is 1. The van der Waals surface area contributed by atoms with Crippen molar-refractivity contribution in [3.8, 4) is 5.75 Å². The van der Waals surface area contributed by atoms with E-state index in [1.54, 1.807) is 7.11 Å². The fourth-order valence-corrected chi connectivity index (χ4v) is 3.56. The molecule has 1 atom stereocenters. The molecule has 24 heavy (non-hydrogen) atoms. The summed E-state index contributed by atoms with van der Waals surface area (Å²) in [6.45, 7) is 6.48. The van der Waals surface area contributed by atoms with Crippen LogP contribution >= 0.6 is 23.8 Å². The van der Waals surface area contributed by atoms with Gasteiger partial charge in [-0.2, -0.15) is 0 Å². The highest BCUT2D eigenvalue weighted by molar-refractivity contribution is 7.80. The van der Waals surface area contributed by atoms with Gasteiger partial charge >= 0.3 is 0 Å². The van der Waals surface area contributed by atoms with E-state index in [-0.39, 0.29) is 0 Å². The van der Waals surface area contributed by atoms with Crippen molar-refractivity contribution in [3.05, 3.63) is 23.2 Å². The van der Waals surface area contributed by atoms with Gasteiger partial charge in [-0.25, -0.2) is 0 Å². The Morgan fingerprint density at radius 3 is 2.71 bits per heavy atom. The number of anilines is 1. The summed E-state index contributed by atoms with van der Waals surface area (Å²) in [7, 11) is 3.88. The van der Waals surface area contributed by atoms with Crippen LogP contribution in [0.25, 0.3) is 0 Å². The molecule has 134 valence electrons. The second-order valence-corrected chi connectivity index (χ2v) is 7.24. The molecule has 0 unspecified atom stereocenters. The van der Waals surface area contributed by atoms with Gasteiger partial charge in [-0.15, -0.1) is 0 Å². The maximum atomic E-state index is 6.08. The molecule has 1 aliphatic rings. The van der Waals surface area contributed by atoms with Crippen molar-refractivity contribution in [2.75, 3.05) is 32.6 Å². The van der Waals surface area contributed by atoms with Gasteiger partial charge in [-0.3, -0.25) is 0 Å². The molecule has 2 rings (SSSR count). The molecule has 0 aromatic heterocycles. The molecule has 1 N–H and O–H groups in total. The molecule has 0 saturated carbocycles. The zero-order valence-corrected chi connectivity index (χ0v) is 16.6. The highest BCUT2D eigenvalue weighted by atomic mass is 35.5. The molecule has 1 heterocycles. The Labute approximate surface area is 156 Å². The molecule has 1 fully saturated rings. The highest BCUT2D eigenvalue weighted by Gasteiger charge is 2.25. The van der Waals surface area contributed by atoms with Crippen LogP contribution in [0.15, 0.2) is 18.2 Å². The summed E-state index contributed by atoms with van der Waals surface area (Å²) >= 11 is 11.7. The quantitative estimate of drug-likeness (QED) is 0.783. The molecule has 1 aliphatic heterocycles. The van der Waals surface area contributed by atoms with E-state index in [1.165, 1.54) is 6.42 Å². The lowest BCUT2D eigenvalue weighted by atomic mass is 10.0. The Bertz CT molecular complexity index is 561. The van der Waals surface area contributed by atoms with Crippen LogP contribution in [0, 0.1) is 0 Å². The van der Waals surface area contributed by atoms with E-state index >= 15 is 0 Å². The Kier molecular flexibility index (Phi) is 7.14. The van der Waals surface area contributed by atoms with Gasteiger partial charge in [0, 0.05) is 30.2 Å². The molecule has 1 aromatic carbocycles. The minimum atomic E-state index is 0.627. The summed E-state index contributed by atoms with van der Waals surface area (Å²) in [5.74, 6) is 0.744. The van der Waals surface area contributed by atoms with Gasteiger partial charge in [-0.05, 0) is 63.7 Å². The minimum absolute atomic E-state index is 0.627. The van der Waals surface area contributed by atoms with E-state index in [1.807, 2.05) is 18.2 Å². The average molecular weight is 370 g/mol. The molecule has 4 nitrogen and oxygen atoms in total. The molecule has 0 radical (unpaired) electrons. The summed E-state index contributed by atoms with van der Waals surface area (Å²) < 4.78 is 5.37. The first-order valence-electron chi connectivity index (χ1n) is 8.57. The van der Waals surface area contributed by atoms with E-state index in [0.717, 1.165) is 42.5 Å². The number of rotatable bonds is 5. The first-order valence-corrected chi connectivity index (χ1v) is 9.36. The van der Waals surface area contributed by atoms with Crippen molar-refractivity contribution in [2.24, 2.45) is 0 Å². The van der Waals surface area contributed by atoms with E-state index < -0.39 is 0 Å². The topological polar surface area (TPSA) is 27.7 Å². The normalized spacial score (nSPS) is 17.0. The van der Waals surface area contributed by atoms with Gasteiger partial charge in [0.25, 0.3) is 0 Å². The minimum Gasteiger partial charge on any atom is -0.495 e. The van der Waals surface area contributed by atoms with Crippen LogP contribution in [0.3, 0.4) is 0 Å². The monoisotopic (exact) mass is 369 g/mol. The molecular formula is C18H28ClN3OS. The van der Waals surface area contributed by atoms with Gasteiger partial charge in [-0.1, -0.05) is 18.5 Å². The van der Waals surface area contributed by atoms with Crippen molar-refractivity contribution in [2.45, 2.75) is 45.2 Å². The number of nitrogens with one attached hydrogen (secondary N) is 1. The average Bonchev–Trinajstić information content (AvgIpc) is 2.60. The predicted molar refractivity (Wildman–Crippen MR) is 106 cm³/mol. The Hall–Kier alpha value is -1.04. The second kappa shape index (κ2) is 8.88. The van der Waals surface area contributed by atoms with Gasteiger partial charge in [0.1, 0.15) is 5.75 Å². The zero-order chi connectivity index (χ0) is 17.7. The Morgan fingerprint density at radius 2 is 2.12 bits per heavy atom. The lowest BCUT2D eigenvalue weighted by molar-refractivity contribution is 0.126. The molecule has 0 spiro atoms. The van der Waals surface area contributed by atoms with Gasteiger partial charge in [0.05, 0.1) is 12.8 Å². The number of ether oxygens (including phenoxy) is 1.